The van der Waals surface area contributed by atoms with E-state index in [1.807, 2.05) is 0 Å². The lowest BCUT2D eigenvalue weighted by Gasteiger charge is -2.34. The van der Waals surface area contributed by atoms with E-state index in [1.54, 1.807) is 0 Å². The molecule has 1 aliphatic carbocycles. The molecule has 2 rings (SSSR count). The molecule has 1 aromatic heterocycles. The highest BCUT2D eigenvalue weighted by Crippen LogP contribution is 2.26. The Hall–Kier alpha value is -1.53. The van der Waals surface area contributed by atoms with Crippen LogP contribution in [0.1, 0.15) is 49.0 Å². The molecule has 112 valence electrons. The van der Waals surface area contributed by atoms with Crippen LogP contribution in [0.2, 0.25) is 0 Å². The SMILES string of the molecule is O=C(c1ccn[nH]1)N(CCC(F)(F)F)C1CCCCC1. The van der Waals surface area contributed by atoms with Crippen LogP contribution in [0, 0.1) is 0 Å². The van der Waals surface area contributed by atoms with Gasteiger partial charge in [0, 0.05) is 18.8 Å². The van der Waals surface area contributed by atoms with Crippen LogP contribution in [-0.4, -0.2) is 39.8 Å². The van der Waals surface area contributed by atoms with Crippen LogP contribution in [0.4, 0.5) is 13.2 Å². The molecule has 1 aliphatic rings. The Bertz CT molecular complexity index is 425. The second-order valence-corrected chi connectivity index (χ2v) is 5.13. The quantitative estimate of drug-likeness (QED) is 0.925. The third-order valence-corrected chi connectivity index (χ3v) is 3.64. The van der Waals surface area contributed by atoms with E-state index in [0.717, 1.165) is 32.1 Å². The number of aromatic amines is 1. The van der Waals surface area contributed by atoms with E-state index in [2.05, 4.69) is 10.2 Å². The Morgan fingerprint density at radius 2 is 2.05 bits per heavy atom. The number of aromatic nitrogens is 2. The number of carbonyl (C=O) groups is 1. The summed E-state index contributed by atoms with van der Waals surface area (Å²) in [7, 11) is 0. The van der Waals surface area contributed by atoms with Gasteiger partial charge in [0.15, 0.2) is 0 Å². The van der Waals surface area contributed by atoms with Crippen molar-refractivity contribution >= 4 is 5.91 Å². The number of nitrogens with zero attached hydrogens (tertiary/aromatic N) is 2. The highest BCUT2D eigenvalue weighted by atomic mass is 19.4. The molecule has 1 N–H and O–H groups in total. The molecule has 1 fully saturated rings. The van der Waals surface area contributed by atoms with Gasteiger partial charge in [0.1, 0.15) is 5.69 Å². The van der Waals surface area contributed by atoms with E-state index in [9.17, 15) is 18.0 Å². The largest absolute Gasteiger partial charge is 0.390 e. The summed E-state index contributed by atoms with van der Waals surface area (Å²) < 4.78 is 37.3. The lowest BCUT2D eigenvalue weighted by atomic mass is 9.94. The van der Waals surface area contributed by atoms with Crippen molar-refractivity contribution in [2.24, 2.45) is 0 Å². The number of amides is 1. The summed E-state index contributed by atoms with van der Waals surface area (Å²) in [5.41, 5.74) is 0.248. The van der Waals surface area contributed by atoms with Crippen LogP contribution in [-0.2, 0) is 0 Å². The lowest BCUT2D eigenvalue weighted by Crippen LogP contribution is -2.43. The van der Waals surface area contributed by atoms with Crippen LogP contribution in [0.15, 0.2) is 12.3 Å². The van der Waals surface area contributed by atoms with Gasteiger partial charge in [-0.25, -0.2) is 0 Å². The Morgan fingerprint density at radius 1 is 1.35 bits per heavy atom. The van der Waals surface area contributed by atoms with Crippen molar-refractivity contribution in [3.8, 4) is 0 Å². The van der Waals surface area contributed by atoms with E-state index in [4.69, 9.17) is 0 Å². The zero-order valence-corrected chi connectivity index (χ0v) is 11.1. The number of hydrogen-bond acceptors (Lipinski definition) is 2. The van der Waals surface area contributed by atoms with Gasteiger partial charge >= 0.3 is 6.18 Å². The Kier molecular flexibility index (Phi) is 4.67. The summed E-state index contributed by atoms with van der Waals surface area (Å²) in [5.74, 6) is -0.390. The fraction of sp³-hybridized carbons (Fsp3) is 0.692. The number of rotatable bonds is 4. The highest BCUT2D eigenvalue weighted by molar-refractivity contribution is 5.92. The summed E-state index contributed by atoms with van der Waals surface area (Å²) in [6.07, 6.45) is 0.769. The summed E-state index contributed by atoms with van der Waals surface area (Å²) in [6, 6.07) is 1.40. The molecule has 0 aromatic carbocycles. The van der Waals surface area contributed by atoms with E-state index in [-0.39, 0.29) is 18.3 Å². The first-order chi connectivity index (χ1) is 9.47. The second-order valence-electron chi connectivity index (χ2n) is 5.13. The van der Waals surface area contributed by atoms with E-state index in [1.165, 1.54) is 17.2 Å². The number of hydrogen-bond donors (Lipinski definition) is 1. The van der Waals surface area contributed by atoms with Gasteiger partial charge in [-0.2, -0.15) is 18.3 Å². The van der Waals surface area contributed by atoms with Gasteiger partial charge in [0.25, 0.3) is 5.91 Å². The average Bonchev–Trinajstić information content (AvgIpc) is 2.92. The van der Waals surface area contributed by atoms with Gasteiger partial charge in [0.2, 0.25) is 0 Å². The van der Waals surface area contributed by atoms with Crippen molar-refractivity contribution < 1.29 is 18.0 Å². The molecule has 0 unspecified atom stereocenters. The van der Waals surface area contributed by atoms with Gasteiger partial charge in [-0.15, -0.1) is 0 Å². The van der Waals surface area contributed by atoms with Crippen LogP contribution < -0.4 is 0 Å². The van der Waals surface area contributed by atoms with Gasteiger partial charge in [-0.1, -0.05) is 19.3 Å². The molecular formula is C13H18F3N3O. The van der Waals surface area contributed by atoms with Crippen LogP contribution >= 0.6 is 0 Å². The number of halogens is 3. The van der Waals surface area contributed by atoms with Crippen molar-refractivity contribution in [3.63, 3.8) is 0 Å². The number of H-pyrrole nitrogens is 1. The third-order valence-electron chi connectivity index (χ3n) is 3.64. The van der Waals surface area contributed by atoms with Gasteiger partial charge in [-0.3, -0.25) is 9.89 Å². The normalized spacial score (nSPS) is 17.1. The first-order valence-corrected chi connectivity index (χ1v) is 6.84. The van der Waals surface area contributed by atoms with E-state index >= 15 is 0 Å². The predicted molar refractivity (Wildman–Crippen MR) is 67.2 cm³/mol. The molecule has 0 radical (unpaired) electrons. The maximum Gasteiger partial charge on any atom is 0.390 e. The summed E-state index contributed by atoms with van der Waals surface area (Å²) in [5, 5.41) is 6.22. The van der Waals surface area contributed by atoms with Crippen molar-refractivity contribution in [3.05, 3.63) is 18.0 Å². The zero-order chi connectivity index (χ0) is 14.6. The molecule has 0 bridgehead atoms. The fourth-order valence-electron chi connectivity index (χ4n) is 2.62. The van der Waals surface area contributed by atoms with Crippen LogP contribution in [0.25, 0.3) is 0 Å². The van der Waals surface area contributed by atoms with E-state index < -0.39 is 18.5 Å². The molecule has 1 heterocycles. The van der Waals surface area contributed by atoms with E-state index in [0.29, 0.717) is 0 Å². The Labute approximate surface area is 115 Å². The monoisotopic (exact) mass is 289 g/mol. The summed E-state index contributed by atoms with van der Waals surface area (Å²) >= 11 is 0. The Morgan fingerprint density at radius 3 is 2.60 bits per heavy atom. The van der Waals surface area contributed by atoms with Crippen LogP contribution in [0.3, 0.4) is 0 Å². The zero-order valence-electron chi connectivity index (χ0n) is 11.1. The standard InChI is InChI=1S/C13H18F3N3O/c14-13(15,16)7-9-19(10-4-2-1-3-5-10)12(20)11-6-8-17-18-11/h6,8,10H,1-5,7,9H2,(H,17,18). The van der Waals surface area contributed by atoms with Gasteiger partial charge in [0.05, 0.1) is 6.42 Å². The van der Waals surface area contributed by atoms with Crippen molar-refractivity contribution in [1.82, 2.24) is 15.1 Å². The molecule has 1 amide bonds. The third kappa shape index (κ3) is 3.98. The lowest BCUT2D eigenvalue weighted by molar-refractivity contribution is -0.137. The first-order valence-electron chi connectivity index (χ1n) is 6.84. The molecule has 0 atom stereocenters. The molecule has 0 spiro atoms. The smallest absolute Gasteiger partial charge is 0.334 e. The minimum Gasteiger partial charge on any atom is -0.334 e. The molecule has 20 heavy (non-hydrogen) atoms. The maximum absolute atomic E-state index is 12.4. The molecule has 7 heteroatoms. The molecule has 0 saturated heterocycles. The molecule has 0 aliphatic heterocycles. The first kappa shape index (κ1) is 14.9. The number of alkyl halides is 3. The van der Waals surface area contributed by atoms with Crippen molar-refractivity contribution in [1.29, 1.82) is 0 Å². The Balaban J connectivity index is 2.08. The number of nitrogens with one attached hydrogen (secondary N) is 1. The minimum atomic E-state index is -4.25. The number of carbonyl (C=O) groups excluding carboxylic acids is 1. The van der Waals surface area contributed by atoms with Crippen molar-refractivity contribution in [2.75, 3.05) is 6.54 Å². The highest BCUT2D eigenvalue weighted by Gasteiger charge is 2.32. The fourth-order valence-corrected chi connectivity index (χ4v) is 2.62. The van der Waals surface area contributed by atoms with Crippen LogP contribution in [0.5, 0.6) is 0 Å². The predicted octanol–water partition coefficient (Wildman–Crippen LogP) is 3.14. The van der Waals surface area contributed by atoms with Crippen molar-refractivity contribution in [2.45, 2.75) is 50.7 Å². The summed E-state index contributed by atoms with van der Waals surface area (Å²) in [4.78, 5) is 13.7. The molecule has 1 aromatic rings. The maximum atomic E-state index is 12.4. The average molecular weight is 289 g/mol. The minimum absolute atomic E-state index is 0.0955. The van der Waals surface area contributed by atoms with Gasteiger partial charge < -0.3 is 4.90 Å². The summed E-state index contributed by atoms with van der Waals surface area (Å²) in [6.45, 7) is -0.286. The topological polar surface area (TPSA) is 49.0 Å². The molecular weight excluding hydrogens is 271 g/mol. The van der Waals surface area contributed by atoms with Gasteiger partial charge in [-0.05, 0) is 18.9 Å². The molecule has 4 nitrogen and oxygen atoms in total. The molecule has 1 saturated carbocycles. The second kappa shape index (κ2) is 6.28.